The van der Waals surface area contributed by atoms with E-state index >= 15 is 0 Å². The highest BCUT2D eigenvalue weighted by atomic mass is 19.1. The molecule has 0 radical (unpaired) electrons. The number of hydrogen-bond acceptors (Lipinski definition) is 5. The van der Waals surface area contributed by atoms with Gasteiger partial charge in [0.25, 0.3) is 0 Å². The summed E-state index contributed by atoms with van der Waals surface area (Å²) in [5.74, 6) is 1.42. The average Bonchev–Trinajstić information content (AvgIpc) is 3.22. The smallest absolute Gasteiger partial charge is 0.249 e. The quantitative estimate of drug-likeness (QED) is 0.585. The minimum Gasteiger partial charge on any atom is -0.343 e. The minimum absolute atomic E-state index is 0.0850. The summed E-state index contributed by atoms with van der Waals surface area (Å²) < 4.78 is 14.9. The molecule has 1 atom stereocenters. The summed E-state index contributed by atoms with van der Waals surface area (Å²) in [7, 11) is 0. The second-order valence-corrected chi connectivity index (χ2v) is 7.71. The molecule has 0 unspecified atom stereocenters. The Morgan fingerprint density at radius 1 is 1.03 bits per heavy atom. The number of anilines is 2. The van der Waals surface area contributed by atoms with Gasteiger partial charge >= 0.3 is 0 Å². The Kier molecular flexibility index (Phi) is 5.97. The zero-order valence-electron chi connectivity index (χ0n) is 18.1. The van der Waals surface area contributed by atoms with Gasteiger partial charge in [0.05, 0.1) is 18.9 Å². The Morgan fingerprint density at radius 2 is 1.81 bits per heavy atom. The van der Waals surface area contributed by atoms with Crippen molar-refractivity contribution in [3.63, 3.8) is 0 Å². The van der Waals surface area contributed by atoms with Gasteiger partial charge in [0.2, 0.25) is 5.91 Å². The fourth-order valence-corrected chi connectivity index (χ4v) is 3.99. The van der Waals surface area contributed by atoms with Crippen LogP contribution in [0.25, 0.3) is 0 Å². The summed E-state index contributed by atoms with van der Waals surface area (Å²) in [6.45, 7) is 7.84. The number of fused-ring (bicyclic) bond motifs is 1. The van der Waals surface area contributed by atoms with Gasteiger partial charge in [-0.15, -0.1) is 0 Å². The summed E-state index contributed by atoms with van der Waals surface area (Å²) in [4.78, 5) is 25.8. The highest BCUT2D eigenvalue weighted by molar-refractivity contribution is 6.04. The number of likely N-dealkylation sites (N-methyl/N-ethyl adjacent to an activating group) is 2. The number of aryl methyl sites for hydroxylation is 2. The number of amides is 1. The molecular weight excluding hydrogens is 395 g/mol. The first-order valence-corrected chi connectivity index (χ1v) is 10.7. The first-order valence-electron chi connectivity index (χ1n) is 10.7. The van der Waals surface area contributed by atoms with Crippen molar-refractivity contribution < 1.29 is 9.18 Å². The third kappa shape index (κ3) is 4.28. The molecule has 2 aromatic heterocycles. The monoisotopic (exact) mass is 422 g/mol. The van der Waals surface area contributed by atoms with Crippen LogP contribution in [0.15, 0.2) is 42.9 Å². The van der Waals surface area contributed by atoms with Crippen LogP contribution < -0.4 is 9.80 Å². The fraction of sp³-hybridized carbons (Fsp3) is 0.391. The van der Waals surface area contributed by atoms with E-state index in [2.05, 4.69) is 10.1 Å². The normalized spacial score (nSPS) is 16.0. The zero-order valence-corrected chi connectivity index (χ0v) is 18.1. The Labute approximate surface area is 181 Å². The third-order valence-corrected chi connectivity index (χ3v) is 5.69. The zero-order chi connectivity index (χ0) is 22.0. The number of aromatic nitrogens is 4. The molecule has 0 aliphatic carbocycles. The molecule has 3 heterocycles. The van der Waals surface area contributed by atoms with Gasteiger partial charge in [-0.1, -0.05) is 12.1 Å². The average molecular weight is 423 g/mol. The van der Waals surface area contributed by atoms with Crippen molar-refractivity contribution in [3.8, 4) is 0 Å². The van der Waals surface area contributed by atoms with Gasteiger partial charge in [-0.3, -0.25) is 9.48 Å². The van der Waals surface area contributed by atoms with Crippen molar-refractivity contribution in [1.29, 1.82) is 0 Å². The second-order valence-electron chi connectivity index (χ2n) is 7.71. The number of rotatable bonds is 7. The van der Waals surface area contributed by atoms with Gasteiger partial charge in [-0.05, 0) is 50.5 Å². The van der Waals surface area contributed by atoms with Crippen molar-refractivity contribution in [2.24, 2.45) is 0 Å². The van der Waals surface area contributed by atoms with E-state index in [-0.39, 0.29) is 17.8 Å². The number of carbonyl (C=O) groups excluding carboxylic acids is 1. The summed E-state index contributed by atoms with van der Waals surface area (Å²) >= 11 is 0. The molecule has 7 nitrogen and oxygen atoms in total. The lowest BCUT2D eigenvalue weighted by Gasteiger charge is -2.39. The highest BCUT2D eigenvalue weighted by Gasteiger charge is 2.35. The minimum atomic E-state index is -0.239. The summed E-state index contributed by atoms with van der Waals surface area (Å²) in [5.41, 5.74) is 2.87. The number of halogens is 1. The Bertz CT molecular complexity index is 1060. The van der Waals surface area contributed by atoms with E-state index in [0.29, 0.717) is 26.1 Å². The molecule has 31 heavy (non-hydrogen) atoms. The van der Waals surface area contributed by atoms with E-state index in [1.54, 1.807) is 23.2 Å². The van der Waals surface area contributed by atoms with Crippen LogP contribution in [0.3, 0.4) is 0 Å². The Hall–Kier alpha value is -3.29. The van der Waals surface area contributed by atoms with Crippen LogP contribution in [0.2, 0.25) is 0 Å². The van der Waals surface area contributed by atoms with Crippen LogP contribution >= 0.6 is 0 Å². The molecule has 1 aliphatic heterocycles. The van der Waals surface area contributed by atoms with Gasteiger partial charge in [-0.2, -0.15) is 5.10 Å². The van der Waals surface area contributed by atoms with Crippen LogP contribution in [0, 0.1) is 5.82 Å². The lowest BCUT2D eigenvalue weighted by molar-refractivity contribution is -0.119. The van der Waals surface area contributed by atoms with Gasteiger partial charge in [0, 0.05) is 25.7 Å². The van der Waals surface area contributed by atoms with Gasteiger partial charge in [0.15, 0.2) is 5.82 Å². The van der Waals surface area contributed by atoms with Gasteiger partial charge < -0.3 is 9.80 Å². The van der Waals surface area contributed by atoms with Gasteiger partial charge in [0.1, 0.15) is 23.4 Å². The van der Waals surface area contributed by atoms with Crippen molar-refractivity contribution in [2.75, 3.05) is 22.9 Å². The molecule has 0 saturated heterocycles. The first-order chi connectivity index (χ1) is 15.0. The SMILES string of the molecule is CCN1C(=O)[C@H](C)N(CC)c2nc(CCc3cnn(Cc4ccc(F)cc4)c3)ncc21. The molecule has 1 aliphatic rings. The number of nitrogens with zero attached hydrogens (tertiary/aromatic N) is 6. The van der Waals surface area contributed by atoms with Crippen LogP contribution in [0.4, 0.5) is 15.9 Å². The molecule has 0 saturated carbocycles. The predicted molar refractivity (Wildman–Crippen MR) is 118 cm³/mol. The molecule has 0 spiro atoms. The lowest BCUT2D eigenvalue weighted by atomic mass is 10.1. The van der Waals surface area contributed by atoms with Gasteiger partial charge in [-0.25, -0.2) is 14.4 Å². The maximum absolute atomic E-state index is 13.1. The topological polar surface area (TPSA) is 67.2 Å². The molecule has 1 amide bonds. The summed E-state index contributed by atoms with van der Waals surface area (Å²) in [6.07, 6.45) is 7.06. The standard InChI is InChI=1S/C23H27FN6O/c1-4-29-16(3)23(31)30(5-2)20-13-25-21(27-22(20)29)11-8-18-12-26-28(15-18)14-17-6-9-19(24)10-7-17/h6-7,9-10,12-13,15-16H,4-5,8,11,14H2,1-3H3/t16-/m0/s1. The fourth-order valence-electron chi connectivity index (χ4n) is 3.99. The van der Waals surface area contributed by atoms with Crippen LogP contribution in [0.5, 0.6) is 0 Å². The Morgan fingerprint density at radius 3 is 2.52 bits per heavy atom. The first kappa shape index (κ1) is 21.0. The van der Waals surface area contributed by atoms with E-state index in [1.807, 2.05) is 42.7 Å². The maximum Gasteiger partial charge on any atom is 0.249 e. The highest BCUT2D eigenvalue weighted by Crippen LogP contribution is 2.33. The van der Waals surface area contributed by atoms with E-state index in [1.165, 1.54) is 12.1 Å². The molecule has 0 bridgehead atoms. The number of hydrogen-bond donors (Lipinski definition) is 0. The molecule has 0 fully saturated rings. The molecule has 1 aromatic carbocycles. The van der Waals surface area contributed by atoms with Crippen molar-refractivity contribution >= 4 is 17.4 Å². The molecule has 3 aromatic rings. The van der Waals surface area contributed by atoms with E-state index in [9.17, 15) is 9.18 Å². The van der Waals surface area contributed by atoms with Crippen LogP contribution in [0.1, 0.15) is 37.7 Å². The molecule has 0 N–H and O–H groups in total. The summed E-state index contributed by atoms with van der Waals surface area (Å²) in [5, 5.41) is 4.41. The van der Waals surface area contributed by atoms with Crippen molar-refractivity contribution in [3.05, 3.63) is 65.6 Å². The maximum atomic E-state index is 13.1. The molecule has 162 valence electrons. The lowest BCUT2D eigenvalue weighted by Crippen LogP contribution is -2.52. The van der Waals surface area contributed by atoms with E-state index < -0.39 is 0 Å². The molecular formula is C23H27FN6O. The van der Waals surface area contributed by atoms with Crippen molar-refractivity contribution in [2.45, 2.75) is 46.2 Å². The number of carbonyl (C=O) groups is 1. The Balaban J connectivity index is 1.46. The molecule has 4 rings (SSSR count). The van der Waals surface area contributed by atoms with E-state index in [4.69, 9.17) is 4.98 Å². The largest absolute Gasteiger partial charge is 0.343 e. The predicted octanol–water partition coefficient (Wildman–Crippen LogP) is 3.23. The third-order valence-electron chi connectivity index (χ3n) is 5.69. The summed E-state index contributed by atoms with van der Waals surface area (Å²) in [6, 6.07) is 6.22. The molecule has 8 heteroatoms. The van der Waals surface area contributed by atoms with Crippen LogP contribution in [-0.4, -0.2) is 44.8 Å². The van der Waals surface area contributed by atoms with E-state index in [0.717, 1.165) is 34.9 Å². The number of benzene rings is 1. The second kappa shape index (κ2) is 8.83. The van der Waals surface area contributed by atoms with Crippen LogP contribution in [-0.2, 0) is 24.2 Å². The van der Waals surface area contributed by atoms with Crippen molar-refractivity contribution in [1.82, 2.24) is 19.7 Å².